The van der Waals surface area contributed by atoms with Crippen molar-refractivity contribution in [2.45, 2.75) is 19.3 Å². The first kappa shape index (κ1) is 15.1. The fraction of sp³-hybridized carbons (Fsp3) is 0.263. The molecule has 0 aromatic heterocycles. The molecule has 23 heavy (non-hydrogen) atoms. The highest BCUT2D eigenvalue weighted by atomic mass is 16.1. The number of para-hydroxylation sites is 1. The maximum absolute atomic E-state index is 12.1. The van der Waals surface area contributed by atoms with E-state index in [9.17, 15) is 4.79 Å². The average Bonchev–Trinajstić information content (AvgIpc) is 2.60. The van der Waals surface area contributed by atoms with Gasteiger partial charge in [-0.25, -0.2) is 0 Å². The lowest BCUT2D eigenvalue weighted by Crippen LogP contribution is -2.32. The zero-order valence-electron chi connectivity index (χ0n) is 13.0. The van der Waals surface area contributed by atoms with Gasteiger partial charge in [-0.05, 0) is 48.7 Å². The molecule has 1 amide bonds. The number of nitrogens with zero attached hydrogens (tertiary/aromatic N) is 2. The minimum Gasteiger partial charge on any atom is -0.371 e. The Hall–Kier alpha value is -2.80. The van der Waals surface area contributed by atoms with E-state index in [0.717, 1.165) is 31.6 Å². The number of fused-ring (bicyclic) bond motifs is 1. The van der Waals surface area contributed by atoms with Gasteiger partial charge in [-0.15, -0.1) is 0 Å². The first-order valence-electron chi connectivity index (χ1n) is 7.89. The number of hydrogen-bond acceptors (Lipinski definition) is 3. The molecule has 1 aliphatic rings. The predicted octanol–water partition coefficient (Wildman–Crippen LogP) is 3.34. The fourth-order valence-electron chi connectivity index (χ4n) is 2.93. The molecule has 0 radical (unpaired) electrons. The Kier molecular flexibility index (Phi) is 4.58. The summed E-state index contributed by atoms with van der Waals surface area (Å²) in [5, 5.41) is 11.7. The molecule has 1 N–H and O–H groups in total. The first-order valence-corrected chi connectivity index (χ1v) is 7.89. The molecule has 0 atom stereocenters. The quantitative estimate of drug-likeness (QED) is 0.942. The number of anilines is 2. The van der Waals surface area contributed by atoms with Crippen molar-refractivity contribution in [1.29, 1.82) is 5.26 Å². The maximum atomic E-state index is 12.1. The largest absolute Gasteiger partial charge is 0.371 e. The van der Waals surface area contributed by atoms with Gasteiger partial charge >= 0.3 is 0 Å². The Bertz CT molecular complexity index is 731. The van der Waals surface area contributed by atoms with Crippen LogP contribution in [0.1, 0.15) is 24.0 Å². The van der Waals surface area contributed by atoms with E-state index in [1.807, 2.05) is 6.07 Å². The van der Waals surface area contributed by atoms with Crippen molar-refractivity contribution in [3.8, 4) is 6.07 Å². The average molecular weight is 305 g/mol. The Morgan fingerprint density at radius 1 is 1.17 bits per heavy atom. The molecule has 0 bridgehead atoms. The number of aryl methyl sites for hydroxylation is 1. The van der Waals surface area contributed by atoms with Gasteiger partial charge in [0.2, 0.25) is 5.91 Å². The van der Waals surface area contributed by atoms with Gasteiger partial charge in [0.1, 0.15) is 0 Å². The van der Waals surface area contributed by atoms with Crippen LogP contribution < -0.4 is 10.2 Å². The molecule has 2 aromatic rings. The minimum absolute atomic E-state index is 0.00207. The first-order chi connectivity index (χ1) is 11.3. The highest BCUT2D eigenvalue weighted by molar-refractivity contribution is 5.91. The van der Waals surface area contributed by atoms with Gasteiger partial charge in [-0.1, -0.05) is 18.2 Å². The Balaban J connectivity index is 1.56. The number of nitriles is 1. The number of rotatable bonds is 4. The highest BCUT2D eigenvalue weighted by Crippen LogP contribution is 2.26. The maximum Gasteiger partial charge on any atom is 0.226 e. The molecule has 0 aliphatic carbocycles. The molecule has 116 valence electrons. The summed E-state index contributed by atoms with van der Waals surface area (Å²) in [6.45, 7) is 1.72. The Morgan fingerprint density at radius 2 is 1.96 bits per heavy atom. The summed E-state index contributed by atoms with van der Waals surface area (Å²) in [5.41, 5.74) is 3.94. The van der Waals surface area contributed by atoms with Crippen molar-refractivity contribution in [2.75, 3.05) is 23.3 Å². The van der Waals surface area contributed by atoms with E-state index in [4.69, 9.17) is 5.26 Å². The van der Waals surface area contributed by atoms with Crippen LogP contribution in [0.5, 0.6) is 0 Å². The van der Waals surface area contributed by atoms with Crippen molar-refractivity contribution in [1.82, 2.24) is 0 Å². The Morgan fingerprint density at radius 3 is 2.74 bits per heavy atom. The number of nitrogens with one attached hydrogen (secondary N) is 1. The normalized spacial score (nSPS) is 13.1. The molecular weight excluding hydrogens is 286 g/mol. The topological polar surface area (TPSA) is 56.1 Å². The van der Waals surface area contributed by atoms with Gasteiger partial charge in [0.25, 0.3) is 0 Å². The van der Waals surface area contributed by atoms with E-state index >= 15 is 0 Å². The van der Waals surface area contributed by atoms with Gasteiger partial charge in [0.05, 0.1) is 11.6 Å². The third-order valence-electron chi connectivity index (χ3n) is 4.11. The lowest BCUT2D eigenvalue weighted by atomic mass is 10.0. The third-order valence-corrected chi connectivity index (χ3v) is 4.11. The molecule has 4 heteroatoms. The molecule has 2 aromatic carbocycles. The molecule has 0 saturated heterocycles. The molecule has 1 aliphatic heterocycles. The lowest BCUT2D eigenvalue weighted by molar-refractivity contribution is -0.116. The van der Waals surface area contributed by atoms with Crippen LogP contribution in [-0.4, -0.2) is 19.0 Å². The summed E-state index contributed by atoms with van der Waals surface area (Å²) in [6, 6.07) is 17.4. The second-order valence-electron chi connectivity index (χ2n) is 5.71. The zero-order chi connectivity index (χ0) is 16.1. The van der Waals surface area contributed by atoms with Crippen LogP contribution in [0.4, 0.5) is 11.4 Å². The van der Waals surface area contributed by atoms with Crippen LogP contribution in [0.25, 0.3) is 0 Å². The van der Waals surface area contributed by atoms with E-state index in [0.29, 0.717) is 12.0 Å². The molecule has 0 saturated carbocycles. The van der Waals surface area contributed by atoms with Crippen LogP contribution in [0.3, 0.4) is 0 Å². The van der Waals surface area contributed by atoms with E-state index in [2.05, 4.69) is 34.5 Å². The highest BCUT2D eigenvalue weighted by Gasteiger charge is 2.16. The van der Waals surface area contributed by atoms with E-state index in [1.54, 1.807) is 24.3 Å². The van der Waals surface area contributed by atoms with Crippen molar-refractivity contribution < 1.29 is 4.79 Å². The van der Waals surface area contributed by atoms with E-state index < -0.39 is 0 Å². The van der Waals surface area contributed by atoms with Crippen LogP contribution in [0, 0.1) is 11.3 Å². The van der Waals surface area contributed by atoms with Gasteiger partial charge in [0, 0.05) is 30.9 Å². The number of hydrogen-bond donors (Lipinski definition) is 1. The van der Waals surface area contributed by atoms with Crippen molar-refractivity contribution in [3.05, 3.63) is 59.7 Å². The monoisotopic (exact) mass is 305 g/mol. The van der Waals surface area contributed by atoms with Crippen molar-refractivity contribution in [3.63, 3.8) is 0 Å². The number of carbonyl (C=O) groups is 1. The number of carbonyl (C=O) groups excluding carboxylic acids is 1. The standard InChI is InChI=1S/C19H19N3O/c20-14-15-7-9-17(10-8-15)21-19(23)11-13-22-12-3-5-16-4-1-2-6-18(16)22/h1-2,4,6-10H,3,5,11-13H2,(H,21,23). The molecule has 4 nitrogen and oxygen atoms in total. The summed E-state index contributed by atoms with van der Waals surface area (Å²) < 4.78 is 0. The molecule has 1 heterocycles. The number of benzene rings is 2. The van der Waals surface area contributed by atoms with Crippen LogP contribution in [-0.2, 0) is 11.2 Å². The van der Waals surface area contributed by atoms with Gasteiger partial charge < -0.3 is 10.2 Å². The molecule has 0 unspecified atom stereocenters. The summed E-state index contributed by atoms with van der Waals surface area (Å²) in [6.07, 6.45) is 2.70. The summed E-state index contributed by atoms with van der Waals surface area (Å²) >= 11 is 0. The molecule has 0 spiro atoms. The predicted molar refractivity (Wildman–Crippen MR) is 91.4 cm³/mol. The molecular formula is C19H19N3O. The SMILES string of the molecule is N#Cc1ccc(NC(=O)CCN2CCCc3ccccc32)cc1. The summed E-state index contributed by atoms with van der Waals surface area (Å²) in [7, 11) is 0. The smallest absolute Gasteiger partial charge is 0.226 e. The third kappa shape index (κ3) is 3.70. The van der Waals surface area contributed by atoms with E-state index in [1.165, 1.54) is 11.3 Å². The zero-order valence-corrected chi connectivity index (χ0v) is 13.0. The summed E-state index contributed by atoms with van der Waals surface area (Å²) in [4.78, 5) is 14.4. The summed E-state index contributed by atoms with van der Waals surface area (Å²) in [5.74, 6) is -0.00207. The second kappa shape index (κ2) is 6.97. The van der Waals surface area contributed by atoms with Gasteiger partial charge in [-0.2, -0.15) is 5.26 Å². The Labute approximate surface area is 136 Å². The van der Waals surface area contributed by atoms with Crippen LogP contribution in [0.15, 0.2) is 48.5 Å². The van der Waals surface area contributed by atoms with E-state index in [-0.39, 0.29) is 5.91 Å². The molecule has 3 rings (SSSR count). The van der Waals surface area contributed by atoms with Crippen molar-refractivity contribution in [2.24, 2.45) is 0 Å². The second-order valence-corrected chi connectivity index (χ2v) is 5.71. The molecule has 0 fully saturated rings. The van der Waals surface area contributed by atoms with Crippen molar-refractivity contribution >= 4 is 17.3 Å². The van der Waals surface area contributed by atoms with Gasteiger partial charge in [0.15, 0.2) is 0 Å². The minimum atomic E-state index is -0.00207. The van der Waals surface area contributed by atoms with Crippen LogP contribution in [0.2, 0.25) is 0 Å². The fourth-order valence-corrected chi connectivity index (χ4v) is 2.93. The van der Waals surface area contributed by atoms with Gasteiger partial charge in [-0.3, -0.25) is 4.79 Å². The van der Waals surface area contributed by atoms with Crippen LogP contribution >= 0.6 is 0 Å². The lowest BCUT2D eigenvalue weighted by Gasteiger charge is -2.31. The number of amides is 1.